The molecule has 3 rings (SSSR count). The normalized spacial score (nSPS) is 10.9. The van der Waals surface area contributed by atoms with Crippen LogP contribution in [0.3, 0.4) is 0 Å². The third kappa shape index (κ3) is 3.86. The summed E-state index contributed by atoms with van der Waals surface area (Å²) < 4.78 is 1.74. The molecule has 6 nitrogen and oxygen atoms in total. The molecule has 2 heterocycles. The molecule has 0 saturated carbocycles. The van der Waals surface area contributed by atoms with Gasteiger partial charge in [-0.1, -0.05) is 35.3 Å². The van der Waals surface area contributed by atoms with Crippen molar-refractivity contribution in [2.75, 3.05) is 7.05 Å². The van der Waals surface area contributed by atoms with Gasteiger partial charge in [-0.2, -0.15) is 10.2 Å². The lowest BCUT2D eigenvalue weighted by atomic mass is 10.1. The van der Waals surface area contributed by atoms with E-state index in [2.05, 4.69) is 15.3 Å². The maximum Gasteiger partial charge on any atom is 0.271 e. The number of hydrogen-bond acceptors (Lipinski definition) is 3. The van der Waals surface area contributed by atoms with Crippen LogP contribution in [0.2, 0.25) is 10.0 Å². The fourth-order valence-corrected chi connectivity index (χ4v) is 2.74. The molecule has 3 aromatic rings. The van der Waals surface area contributed by atoms with Gasteiger partial charge in [0.15, 0.2) is 0 Å². The summed E-state index contributed by atoms with van der Waals surface area (Å²) in [5.74, 6) is -0.185. The Morgan fingerprint density at radius 1 is 1.28 bits per heavy atom. The molecule has 0 atom stereocenters. The fourth-order valence-electron chi connectivity index (χ4n) is 2.41. The number of amides is 1. The van der Waals surface area contributed by atoms with Gasteiger partial charge in [-0.05, 0) is 25.1 Å². The van der Waals surface area contributed by atoms with Crippen molar-refractivity contribution in [3.05, 3.63) is 58.0 Å². The van der Waals surface area contributed by atoms with Gasteiger partial charge in [-0.3, -0.25) is 14.6 Å². The first kappa shape index (κ1) is 17.5. The Morgan fingerprint density at radius 3 is 2.64 bits per heavy atom. The molecule has 0 aliphatic rings. The molecule has 130 valence electrons. The topological polar surface area (TPSA) is 66.8 Å². The van der Waals surface area contributed by atoms with Crippen molar-refractivity contribution in [1.82, 2.24) is 24.9 Å². The maximum atomic E-state index is 12.6. The standard InChI is InChI=1S/C17H17Cl2N5O/c1-3-24-9-13(19)16(22-24)10-23(2)17(25)15-8-14(20-21-15)11-4-6-12(18)7-5-11/h4-9H,3,10H2,1-2H3,(H,20,21). The lowest BCUT2D eigenvalue weighted by molar-refractivity contribution is 0.0777. The predicted octanol–water partition coefficient (Wildman–Crippen LogP) is 3.87. The quantitative estimate of drug-likeness (QED) is 0.733. The summed E-state index contributed by atoms with van der Waals surface area (Å²) in [7, 11) is 1.70. The van der Waals surface area contributed by atoms with E-state index in [0.29, 0.717) is 33.7 Å². The molecule has 0 spiro atoms. The average molecular weight is 378 g/mol. The Labute approximate surface area is 155 Å². The minimum absolute atomic E-state index is 0.185. The van der Waals surface area contributed by atoms with Crippen LogP contribution in [0.5, 0.6) is 0 Å². The highest BCUT2D eigenvalue weighted by Gasteiger charge is 2.18. The molecule has 0 unspecified atom stereocenters. The number of H-pyrrole nitrogens is 1. The largest absolute Gasteiger partial charge is 0.334 e. The van der Waals surface area contributed by atoms with Gasteiger partial charge < -0.3 is 4.90 Å². The van der Waals surface area contributed by atoms with Gasteiger partial charge in [0.25, 0.3) is 5.91 Å². The SMILES string of the molecule is CCn1cc(Cl)c(CN(C)C(=O)c2cc(-c3ccc(Cl)cc3)n[nH]2)n1. The number of carbonyl (C=O) groups excluding carboxylic acids is 1. The summed E-state index contributed by atoms with van der Waals surface area (Å²) in [5, 5.41) is 12.5. The van der Waals surface area contributed by atoms with Crippen molar-refractivity contribution in [2.24, 2.45) is 0 Å². The Balaban J connectivity index is 1.74. The molecule has 25 heavy (non-hydrogen) atoms. The molecule has 1 amide bonds. The molecular weight excluding hydrogens is 361 g/mol. The van der Waals surface area contributed by atoms with Crippen LogP contribution in [0.15, 0.2) is 36.5 Å². The molecular formula is C17H17Cl2N5O. The summed E-state index contributed by atoms with van der Waals surface area (Å²) in [6.07, 6.45) is 1.75. The highest BCUT2D eigenvalue weighted by Crippen LogP contribution is 2.21. The van der Waals surface area contributed by atoms with Crippen molar-refractivity contribution >= 4 is 29.1 Å². The lowest BCUT2D eigenvalue weighted by Crippen LogP contribution is -2.27. The minimum Gasteiger partial charge on any atom is -0.334 e. The van der Waals surface area contributed by atoms with E-state index < -0.39 is 0 Å². The zero-order valence-corrected chi connectivity index (χ0v) is 15.3. The third-order valence-electron chi connectivity index (χ3n) is 3.79. The molecule has 8 heteroatoms. The summed E-state index contributed by atoms with van der Waals surface area (Å²) in [4.78, 5) is 14.1. The van der Waals surface area contributed by atoms with E-state index in [9.17, 15) is 4.79 Å². The van der Waals surface area contributed by atoms with Gasteiger partial charge in [0.1, 0.15) is 11.4 Å². The molecule has 0 fully saturated rings. The smallest absolute Gasteiger partial charge is 0.271 e. The van der Waals surface area contributed by atoms with E-state index in [0.717, 1.165) is 12.1 Å². The zero-order valence-electron chi connectivity index (χ0n) is 13.8. The molecule has 0 bridgehead atoms. The van der Waals surface area contributed by atoms with Crippen LogP contribution in [0.25, 0.3) is 11.3 Å². The molecule has 1 aromatic carbocycles. The van der Waals surface area contributed by atoms with Crippen molar-refractivity contribution in [3.63, 3.8) is 0 Å². The first-order chi connectivity index (χ1) is 12.0. The Bertz CT molecular complexity index is 885. The van der Waals surface area contributed by atoms with E-state index >= 15 is 0 Å². The van der Waals surface area contributed by atoms with Gasteiger partial charge in [0.2, 0.25) is 0 Å². The van der Waals surface area contributed by atoms with E-state index in [1.807, 2.05) is 19.1 Å². The number of nitrogens with zero attached hydrogens (tertiary/aromatic N) is 4. The van der Waals surface area contributed by atoms with Gasteiger partial charge in [-0.15, -0.1) is 0 Å². The van der Waals surface area contributed by atoms with Crippen LogP contribution in [0.1, 0.15) is 23.1 Å². The average Bonchev–Trinajstić information content (AvgIpc) is 3.22. The minimum atomic E-state index is -0.185. The number of aromatic nitrogens is 4. The maximum absolute atomic E-state index is 12.6. The van der Waals surface area contributed by atoms with Gasteiger partial charge in [0.05, 0.1) is 17.3 Å². The fraction of sp³-hybridized carbons (Fsp3) is 0.235. The first-order valence-corrected chi connectivity index (χ1v) is 8.52. The first-order valence-electron chi connectivity index (χ1n) is 7.76. The van der Waals surface area contributed by atoms with Crippen LogP contribution < -0.4 is 0 Å². The number of aromatic amines is 1. The predicted molar refractivity (Wildman–Crippen MR) is 97.7 cm³/mol. The van der Waals surface area contributed by atoms with Gasteiger partial charge >= 0.3 is 0 Å². The molecule has 0 saturated heterocycles. The molecule has 0 aliphatic carbocycles. The lowest BCUT2D eigenvalue weighted by Gasteiger charge is -2.14. The summed E-state index contributed by atoms with van der Waals surface area (Å²) in [5.41, 5.74) is 2.63. The summed E-state index contributed by atoms with van der Waals surface area (Å²) in [6, 6.07) is 8.99. The summed E-state index contributed by atoms with van der Waals surface area (Å²) >= 11 is 12.1. The number of halogens is 2. The van der Waals surface area contributed by atoms with Crippen molar-refractivity contribution in [2.45, 2.75) is 20.0 Å². The second-order valence-electron chi connectivity index (χ2n) is 5.61. The van der Waals surface area contributed by atoms with Crippen LogP contribution in [0, 0.1) is 0 Å². The number of hydrogen-bond donors (Lipinski definition) is 1. The van der Waals surface area contributed by atoms with Crippen molar-refractivity contribution < 1.29 is 4.79 Å². The Hall–Kier alpha value is -2.31. The Morgan fingerprint density at radius 2 is 2.00 bits per heavy atom. The number of carbonyl (C=O) groups is 1. The number of rotatable bonds is 5. The highest BCUT2D eigenvalue weighted by atomic mass is 35.5. The van der Waals surface area contributed by atoms with E-state index in [-0.39, 0.29) is 5.91 Å². The van der Waals surface area contributed by atoms with Crippen LogP contribution >= 0.6 is 23.2 Å². The van der Waals surface area contributed by atoms with Crippen molar-refractivity contribution in [1.29, 1.82) is 0 Å². The monoisotopic (exact) mass is 377 g/mol. The van der Waals surface area contributed by atoms with E-state index in [1.165, 1.54) is 0 Å². The number of nitrogens with one attached hydrogen (secondary N) is 1. The van der Waals surface area contributed by atoms with Gasteiger partial charge in [0, 0.05) is 30.4 Å². The van der Waals surface area contributed by atoms with Crippen LogP contribution in [0.4, 0.5) is 0 Å². The number of benzene rings is 1. The van der Waals surface area contributed by atoms with Crippen LogP contribution in [-0.4, -0.2) is 37.8 Å². The number of aryl methyl sites for hydroxylation is 1. The second kappa shape index (κ2) is 7.29. The van der Waals surface area contributed by atoms with Crippen molar-refractivity contribution in [3.8, 4) is 11.3 Å². The second-order valence-corrected chi connectivity index (χ2v) is 6.46. The van der Waals surface area contributed by atoms with Gasteiger partial charge in [-0.25, -0.2) is 0 Å². The molecule has 2 aromatic heterocycles. The molecule has 0 aliphatic heterocycles. The molecule has 0 radical (unpaired) electrons. The molecule has 1 N–H and O–H groups in total. The van der Waals surface area contributed by atoms with Crippen LogP contribution in [-0.2, 0) is 13.1 Å². The zero-order chi connectivity index (χ0) is 18.0. The Kier molecular flexibility index (Phi) is 5.11. The van der Waals surface area contributed by atoms with E-state index in [4.69, 9.17) is 23.2 Å². The third-order valence-corrected chi connectivity index (χ3v) is 4.36. The van der Waals surface area contributed by atoms with E-state index in [1.54, 1.807) is 41.0 Å². The highest BCUT2D eigenvalue weighted by molar-refractivity contribution is 6.31. The summed E-state index contributed by atoms with van der Waals surface area (Å²) in [6.45, 7) is 3.02.